The van der Waals surface area contributed by atoms with Crippen molar-refractivity contribution in [1.82, 2.24) is 9.88 Å². The number of hydrogen-bond acceptors (Lipinski definition) is 5. The first kappa shape index (κ1) is 20.2. The zero-order valence-electron chi connectivity index (χ0n) is 16.2. The molecule has 0 aliphatic carbocycles. The van der Waals surface area contributed by atoms with E-state index in [9.17, 15) is 19.4 Å². The molecule has 7 heteroatoms. The van der Waals surface area contributed by atoms with Gasteiger partial charge in [0.15, 0.2) is 0 Å². The van der Waals surface area contributed by atoms with E-state index in [1.165, 1.54) is 12.1 Å². The van der Waals surface area contributed by atoms with Gasteiger partial charge in [-0.3, -0.25) is 4.79 Å². The van der Waals surface area contributed by atoms with Crippen molar-refractivity contribution in [3.63, 3.8) is 0 Å². The maximum Gasteiger partial charge on any atom is 0.314 e. The molecule has 0 unspecified atom stereocenters. The molecule has 0 amide bonds. The number of aromatic nitrogens is 1. The first-order chi connectivity index (χ1) is 13.3. The number of anilines is 1. The third-order valence-electron chi connectivity index (χ3n) is 5.27. The summed E-state index contributed by atoms with van der Waals surface area (Å²) < 4.78 is 13.2. The van der Waals surface area contributed by atoms with Gasteiger partial charge in [-0.1, -0.05) is 18.2 Å². The number of nitrogens with zero attached hydrogens (tertiary/aromatic N) is 3. The number of pyridine rings is 1. The average Bonchev–Trinajstić information content (AvgIpc) is 2.65. The predicted molar refractivity (Wildman–Crippen MR) is 105 cm³/mol. The summed E-state index contributed by atoms with van der Waals surface area (Å²) in [6.45, 7) is 1.44. The second-order valence-electron chi connectivity index (χ2n) is 7.75. The molecule has 2 atom stereocenters. The van der Waals surface area contributed by atoms with Crippen molar-refractivity contribution in [2.45, 2.75) is 25.5 Å². The Hall–Kier alpha value is -2.51. The van der Waals surface area contributed by atoms with Crippen molar-refractivity contribution >= 4 is 11.8 Å². The predicted octanol–water partition coefficient (Wildman–Crippen LogP) is 2.17. The van der Waals surface area contributed by atoms with Crippen molar-refractivity contribution in [1.29, 1.82) is 0 Å². The molecule has 3 rings (SSSR count). The number of aliphatic carboxylic acids is 1. The summed E-state index contributed by atoms with van der Waals surface area (Å²) in [6, 6.07) is 9.63. The number of rotatable bonds is 6. The van der Waals surface area contributed by atoms with Crippen LogP contribution in [0.4, 0.5) is 10.2 Å². The van der Waals surface area contributed by atoms with E-state index < -0.39 is 17.5 Å². The minimum atomic E-state index is -1.37. The van der Waals surface area contributed by atoms with Gasteiger partial charge in [-0.2, -0.15) is 0 Å². The van der Waals surface area contributed by atoms with Gasteiger partial charge in [0.1, 0.15) is 17.1 Å². The Morgan fingerprint density at radius 2 is 1.93 bits per heavy atom. The molecule has 0 bridgehead atoms. The zero-order valence-corrected chi connectivity index (χ0v) is 16.2. The van der Waals surface area contributed by atoms with Gasteiger partial charge in [-0.15, -0.1) is 0 Å². The largest absolute Gasteiger partial charge is 0.481 e. The number of carbonyl (C=O) groups is 1. The highest BCUT2D eigenvalue weighted by molar-refractivity contribution is 5.77. The fourth-order valence-corrected chi connectivity index (χ4v) is 3.76. The quantitative estimate of drug-likeness (QED) is 0.791. The monoisotopic (exact) mass is 387 g/mol. The highest BCUT2D eigenvalue weighted by atomic mass is 19.1. The summed E-state index contributed by atoms with van der Waals surface area (Å²) in [6.07, 6.45) is 1.26. The van der Waals surface area contributed by atoms with E-state index in [2.05, 4.69) is 4.98 Å². The van der Waals surface area contributed by atoms with Crippen molar-refractivity contribution in [2.75, 3.05) is 32.1 Å². The third kappa shape index (κ3) is 4.31. The second kappa shape index (κ2) is 8.24. The Morgan fingerprint density at radius 1 is 1.25 bits per heavy atom. The minimum absolute atomic E-state index is 0.124. The van der Waals surface area contributed by atoms with Crippen LogP contribution >= 0.6 is 0 Å². The van der Waals surface area contributed by atoms with E-state index >= 15 is 0 Å². The lowest BCUT2D eigenvalue weighted by molar-refractivity contribution is -0.157. The van der Waals surface area contributed by atoms with E-state index in [-0.39, 0.29) is 18.8 Å². The van der Waals surface area contributed by atoms with Crippen molar-refractivity contribution in [3.8, 4) is 0 Å². The highest BCUT2D eigenvalue weighted by Crippen LogP contribution is 2.36. The lowest BCUT2D eigenvalue weighted by Gasteiger charge is -2.44. The lowest BCUT2D eigenvalue weighted by Crippen LogP contribution is -2.57. The maximum atomic E-state index is 13.2. The molecule has 150 valence electrons. The molecular formula is C21H26FN3O3. The molecule has 0 radical (unpaired) electrons. The fourth-order valence-electron chi connectivity index (χ4n) is 3.76. The van der Waals surface area contributed by atoms with E-state index in [1.54, 1.807) is 18.3 Å². The molecule has 1 saturated heterocycles. The normalized spacial score (nSPS) is 22.5. The molecule has 1 fully saturated rings. The Labute approximate surface area is 164 Å². The Kier molecular flexibility index (Phi) is 5.96. The van der Waals surface area contributed by atoms with Crippen molar-refractivity contribution in [3.05, 3.63) is 59.5 Å². The van der Waals surface area contributed by atoms with Crippen molar-refractivity contribution in [2.24, 2.45) is 5.41 Å². The molecule has 1 aromatic carbocycles. The third-order valence-corrected chi connectivity index (χ3v) is 5.27. The fraction of sp³-hybridized carbons (Fsp3) is 0.429. The summed E-state index contributed by atoms with van der Waals surface area (Å²) in [7, 11) is 3.97. The molecule has 2 N–H and O–H groups in total. The van der Waals surface area contributed by atoms with Crippen LogP contribution in [0.5, 0.6) is 0 Å². The van der Waals surface area contributed by atoms with Crippen molar-refractivity contribution < 1.29 is 19.4 Å². The van der Waals surface area contributed by atoms with E-state index in [0.29, 0.717) is 24.3 Å². The first-order valence-electron chi connectivity index (χ1n) is 9.31. The smallest absolute Gasteiger partial charge is 0.314 e. The molecule has 28 heavy (non-hydrogen) atoms. The van der Waals surface area contributed by atoms with Gasteiger partial charge < -0.3 is 20.0 Å². The van der Waals surface area contributed by atoms with Crippen LogP contribution in [-0.2, 0) is 17.8 Å². The van der Waals surface area contributed by atoms with E-state index in [4.69, 9.17) is 0 Å². The number of carboxylic acids is 1. The number of benzene rings is 1. The SMILES string of the molecule is CN(C)Cc1ccc(N2CC[C@@H](O)[C@](Cc3ccc(F)cc3)(C(=O)O)C2)nc1. The molecule has 0 spiro atoms. The van der Waals surface area contributed by atoms with Gasteiger partial charge in [0.2, 0.25) is 0 Å². The standard InChI is InChI=1S/C21H26FN3O3/c1-24(2)13-16-5-8-19(23-12-16)25-10-9-18(26)21(14-25,20(27)28)11-15-3-6-17(22)7-4-15/h3-8,12,18,26H,9-11,13-14H2,1-2H3,(H,27,28)/t18-,21-/m1/s1. The van der Waals surface area contributed by atoms with Crippen LogP contribution in [0.3, 0.4) is 0 Å². The summed E-state index contributed by atoms with van der Waals surface area (Å²) in [5, 5.41) is 20.6. The van der Waals surface area contributed by atoms with Crippen LogP contribution in [0.25, 0.3) is 0 Å². The summed E-state index contributed by atoms with van der Waals surface area (Å²) in [4.78, 5) is 20.7. The molecule has 1 aliphatic rings. The second-order valence-corrected chi connectivity index (χ2v) is 7.75. The lowest BCUT2D eigenvalue weighted by atomic mass is 9.73. The van der Waals surface area contributed by atoms with Crippen LogP contribution in [0.1, 0.15) is 17.5 Å². The first-order valence-corrected chi connectivity index (χ1v) is 9.31. The molecule has 2 heterocycles. The number of aliphatic hydroxyl groups excluding tert-OH is 1. The van der Waals surface area contributed by atoms with E-state index in [1.807, 2.05) is 36.0 Å². The number of carboxylic acid groups (broad SMARTS) is 1. The molecule has 1 aliphatic heterocycles. The van der Waals surface area contributed by atoms with Gasteiger partial charge in [0, 0.05) is 25.8 Å². The van der Waals surface area contributed by atoms with Gasteiger partial charge in [0.05, 0.1) is 6.10 Å². The van der Waals surface area contributed by atoms with Crippen LogP contribution in [0.15, 0.2) is 42.6 Å². The Bertz CT molecular complexity index is 811. The van der Waals surface area contributed by atoms with Crippen LogP contribution in [0.2, 0.25) is 0 Å². The number of halogens is 1. The molecule has 0 saturated carbocycles. The highest BCUT2D eigenvalue weighted by Gasteiger charge is 2.49. The summed E-state index contributed by atoms with van der Waals surface area (Å²) in [5.41, 5.74) is 0.376. The van der Waals surface area contributed by atoms with Gasteiger partial charge in [-0.25, -0.2) is 9.37 Å². The summed E-state index contributed by atoms with van der Waals surface area (Å²) >= 11 is 0. The number of hydrogen-bond donors (Lipinski definition) is 2. The van der Waals surface area contributed by atoms with Gasteiger partial charge >= 0.3 is 5.97 Å². The molecule has 2 aromatic rings. The topological polar surface area (TPSA) is 76.9 Å². The van der Waals surface area contributed by atoms with Crippen LogP contribution in [-0.4, -0.2) is 59.4 Å². The minimum Gasteiger partial charge on any atom is -0.481 e. The van der Waals surface area contributed by atoms with Crippen LogP contribution < -0.4 is 4.90 Å². The molecular weight excluding hydrogens is 361 g/mol. The van der Waals surface area contributed by atoms with Crippen LogP contribution in [0, 0.1) is 11.2 Å². The summed E-state index contributed by atoms with van der Waals surface area (Å²) in [5.74, 6) is -0.738. The van der Waals surface area contributed by atoms with E-state index in [0.717, 1.165) is 12.1 Å². The Morgan fingerprint density at radius 3 is 2.50 bits per heavy atom. The number of piperidine rings is 1. The maximum absolute atomic E-state index is 13.2. The zero-order chi connectivity index (χ0) is 20.3. The molecule has 6 nitrogen and oxygen atoms in total. The average molecular weight is 387 g/mol. The Balaban J connectivity index is 1.84. The van der Waals surface area contributed by atoms with Gasteiger partial charge in [0.25, 0.3) is 0 Å². The number of aliphatic hydroxyl groups is 1. The molecule has 1 aromatic heterocycles. The van der Waals surface area contributed by atoms with Gasteiger partial charge in [-0.05, 0) is 56.3 Å².